The summed E-state index contributed by atoms with van der Waals surface area (Å²) in [5, 5.41) is 40.0. The van der Waals surface area contributed by atoms with Crippen molar-refractivity contribution < 1.29 is 34.4 Å². The lowest BCUT2D eigenvalue weighted by Crippen LogP contribution is -2.34. The normalized spacial score (nSPS) is 10.8. The summed E-state index contributed by atoms with van der Waals surface area (Å²) in [6.07, 6.45) is 0. The van der Waals surface area contributed by atoms with E-state index in [4.69, 9.17) is 35.6 Å². The molecule has 0 aliphatic rings. The molecule has 0 amide bonds. The van der Waals surface area contributed by atoms with Gasteiger partial charge in [0.2, 0.25) is 0 Å². The van der Waals surface area contributed by atoms with Crippen molar-refractivity contribution in [1.29, 1.82) is 5.41 Å². The molecule has 0 heterocycles. The van der Waals surface area contributed by atoms with Gasteiger partial charge in [0.15, 0.2) is 0 Å². The molecular formula is C21H25N3O7-2. The number of rotatable bonds is 10. The molecule has 0 fully saturated rings. The van der Waals surface area contributed by atoms with E-state index in [1.807, 2.05) is 6.92 Å². The summed E-state index contributed by atoms with van der Waals surface area (Å²) in [5.41, 5.74) is 6.76. The van der Waals surface area contributed by atoms with Crippen LogP contribution in [0.15, 0.2) is 42.5 Å². The molecular weight excluding hydrogens is 406 g/mol. The maximum absolute atomic E-state index is 11.8. The van der Waals surface area contributed by atoms with Gasteiger partial charge in [0.25, 0.3) is 0 Å². The predicted octanol–water partition coefficient (Wildman–Crippen LogP) is -0.600. The molecule has 0 aromatic heterocycles. The van der Waals surface area contributed by atoms with Crippen LogP contribution in [0.2, 0.25) is 0 Å². The van der Waals surface area contributed by atoms with Gasteiger partial charge in [0.05, 0.1) is 25.2 Å². The van der Waals surface area contributed by atoms with Crippen molar-refractivity contribution in [1.82, 2.24) is 0 Å². The molecule has 0 saturated heterocycles. The van der Waals surface area contributed by atoms with Gasteiger partial charge in [-0.05, 0) is 56.3 Å². The number of aliphatic carboxylic acids is 2. The summed E-state index contributed by atoms with van der Waals surface area (Å²) in [6, 6.07) is 10.0. The Bertz CT molecular complexity index is 881. The van der Waals surface area contributed by atoms with Gasteiger partial charge < -0.3 is 45.4 Å². The van der Waals surface area contributed by atoms with Gasteiger partial charge in [0.1, 0.15) is 23.9 Å². The standard InChI is InChI=1S/C19H23N3O5.C2H4O2/c1-2-26-14-7-8-16(27-10-9-23)15(11-14)17(19(24)25)22-13-5-3-12(4-6-13)18(20)21;1-2(3)4/h3-8,11,17,22-23H,2,9-10H2,1H3,(H3,20,21)(H,24,25);1H3,(H,3,4)/p-2. The highest BCUT2D eigenvalue weighted by atomic mass is 16.5. The van der Waals surface area contributed by atoms with Gasteiger partial charge in [-0.1, -0.05) is 0 Å². The zero-order valence-electron chi connectivity index (χ0n) is 17.2. The van der Waals surface area contributed by atoms with Crippen molar-refractivity contribution in [3.8, 4) is 11.5 Å². The van der Waals surface area contributed by atoms with Crippen molar-refractivity contribution in [2.75, 3.05) is 25.1 Å². The molecule has 2 aromatic rings. The molecule has 10 nitrogen and oxygen atoms in total. The van der Waals surface area contributed by atoms with Crippen LogP contribution in [0.5, 0.6) is 11.5 Å². The number of carbonyl (C=O) groups is 2. The molecule has 2 rings (SSSR count). The monoisotopic (exact) mass is 431 g/mol. The zero-order chi connectivity index (χ0) is 23.4. The van der Waals surface area contributed by atoms with E-state index in [9.17, 15) is 9.90 Å². The van der Waals surface area contributed by atoms with E-state index in [0.717, 1.165) is 6.92 Å². The molecule has 2 aromatic carbocycles. The molecule has 31 heavy (non-hydrogen) atoms. The Morgan fingerprint density at radius 3 is 2.26 bits per heavy atom. The Kier molecular flexibility index (Phi) is 10.3. The molecule has 0 spiro atoms. The van der Waals surface area contributed by atoms with Crippen LogP contribution in [0.3, 0.4) is 0 Å². The lowest BCUT2D eigenvalue weighted by atomic mass is 10.0. The lowest BCUT2D eigenvalue weighted by Gasteiger charge is -2.24. The molecule has 0 aliphatic heterocycles. The third kappa shape index (κ3) is 8.62. The van der Waals surface area contributed by atoms with E-state index in [2.05, 4.69) is 5.32 Å². The second kappa shape index (κ2) is 12.7. The number of anilines is 1. The van der Waals surface area contributed by atoms with Gasteiger partial charge in [-0.2, -0.15) is 0 Å². The molecule has 0 radical (unpaired) electrons. The summed E-state index contributed by atoms with van der Waals surface area (Å²) in [4.78, 5) is 20.7. The maximum atomic E-state index is 11.8. The first-order valence-electron chi connectivity index (χ1n) is 9.29. The Balaban J connectivity index is 0.00000110. The van der Waals surface area contributed by atoms with Crippen LogP contribution in [-0.2, 0) is 9.59 Å². The Hall–Kier alpha value is -3.79. The summed E-state index contributed by atoms with van der Waals surface area (Å²) in [5.74, 6) is -1.73. The quantitative estimate of drug-likeness (QED) is 0.282. The van der Waals surface area contributed by atoms with Gasteiger partial charge in [-0.25, -0.2) is 0 Å². The minimum atomic E-state index is -1.35. The molecule has 1 atom stereocenters. The first kappa shape index (κ1) is 25.2. The fourth-order valence-electron chi connectivity index (χ4n) is 2.47. The number of carboxylic acids is 2. The summed E-state index contributed by atoms with van der Waals surface area (Å²) >= 11 is 0. The molecule has 1 unspecified atom stereocenters. The van der Waals surface area contributed by atoms with E-state index in [1.165, 1.54) is 0 Å². The maximum Gasteiger partial charge on any atom is 0.125 e. The molecule has 0 bridgehead atoms. The highest BCUT2D eigenvalue weighted by molar-refractivity contribution is 5.95. The average Bonchev–Trinajstić information content (AvgIpc) is 2.71. The SMILES string of the molecule is CC(=O)[O-].CCOc1ccc(OCCO)c(C(Nc2ccc(C(=N)N)cc2)C(=O)[O-])c1. The number of carbonyl (C=O) groups excluding carboxylic acids is 2. The smallest absolute Gasteiger partial charge is 0.125 e. The fourth-order valence-corrected chi connectivity index (χ4v) is 2.47. The number of nitrogens with one attached hydrogen (secondary N) is 2. The first-order chi connectivity index (χ1) is 14.7. The number of aliphatic hydroxyl groups is 1. The van der Waals surface area contributed by atoms with Crippen molar-refractivity contribution in [3.63, 3.8) is 0 Å². The highest BCUT2D eigenvalue weighted by Crippen LogP contribution is 2.32. The molecule has 0 aliphatic carbocycles. The van der Waals surface area contributed by atoms with Crippen LogP contribution >= 0.6 is 0 Å². The van der Waals surface area contributed by atoms with Crippen LogP contribution in [0, 0.1) is 5.41 Å². The Labute approximate surface area is 179 Å². The van der Waals surface area contributed by atoms with Crippen LogP contribution in [-0.4, -0.2) is 42.7 Å². The number of nitrogen functional groups attached to an aromatic ring is 1. The number of hydrogen-bond donors (Lipinski definition) is 4. The number of aliphatic hydroxyl groups excluding tert-OH is 1. The summed E-state index contributed by atoms with van der Waals surface area (Å²) in [7, 11) is 0. The summed E-state index contributed by atoms with van der Waals surface area (Å²) < 4.78 is 10.9. The van der Waals surface area contributed by atoms with Crippen molar-refractivity contribution >= 4 is 23.5 Å². The second-order valence-electron chi connectivity index (χ2n) is 6.08. The number of benzene rings is 2. The molecule has 0 saturated carbocycles. The van der Waals surface area contributed by atoms with Crippen molar-refractivity contribution in [3.05, 3.63) is 53.6 Å². The lowest BCUT2D eigenvalue weighted by molar-refractivity contribution is -0.307. The third-order valence-electron chi connectivity index (χ3n) is 3.69. The van der Waals surface area contributed by atoms with Gasteiger partial charge in [-0.3, -0.25) is 5.41 Å². The molecule has 10 heteroatoms. The van der Waals surface area contributed by atoms with Crippen LogP contribution < -0.4 is 30.7 Å². The topological polar surface area (TPSA) is 181 Å². The molecule has 5 N–H and O–H groups in total. The number of amidine groups is 1. The van der Waals surface area contributed by atoms with Gasteiger partial charge >= 0.3 is 0 Å². The number of carboxylic acid groups (broad SMARTS) is 2. The Morgan fingerprint density at radius 1 is 1.16 bits per heavy atom. The van der Waals surface area contributed by atoms with Crippen molar-refractivity contribution in [2.24, 2.45) is 5.73 Å². The minimum Gasteiger partial charge on any atom is -0.550 e. The second-order valence-corrected chi connectivity index (χ2v) is 6.08. The average molecular weight is 431 g/mol. The van der Waals surface area contributed by atoms with Crippen LogP contribution in [0.4, 0.5) is 5.69 Å². The molecule has 168 valence electrons. The third-order valence-corrected chi connectivity index (χ3v) is 3.69. The van der Waals surface area contributed by atoms with E-state index in [-0.39, 0.29) is 19.0 Å². The predicted molar refractivity (Wildman–Crippen MR) is 110 cm³/mol. The first-order valence-corrected chi connectivity index (χ1v) is 9.29. The van der Waals surface area contributed by atoms with E-state index in [1.54, 1.807) is 42.5 Å². The minimum absolute atomic E-state index is 0.0219. The van der Waals surface area contributed by atoms with Gasteiger partial charge in [-0.15, -0.1) is 0 Å². The van der Waals surface area contributed by atoms with E-state index in [0.29, 0.717) is 34.9 Å². The van der Waals surface area contributed by atoms with Crippen LogP contribution in [0.25, 0.3) is 0 Å². The van der Waals surface area contributed by atoms with Gasteiger partial charge in [0, 0.05) is 22.8 Å². The van der Waals surface area contributed by atoms with Crippen LogP contribution in [0.1, 0.15) is 31.0 Å². The fraction of sp³-hybridized carbons (Fsp3) is 0.286. The van der Waals surface area contributed by atoms with E-state index >= 15 is 0 Å². The Morgan fingerprint density at radius 2 is 1.77 bits per heavy atom. The van der Waals surface area contributed by atoms with E-state index < -0.39 is 18.0 Å². The number of ether oxygens (including phenoxy) is 2. The largest absolute Gasteiger partial charge is 0.550 e. The highest BCUT2D eigenvalue weighted by Gasteiger charge is 2.19. The number of nitrogens with two attached hydrogens (primary N) is 1. The summed E-state index contributed by atoms with van der Waals surface area (Å²) in [6.45, 7) is 3.03. The van der Waals surface area contributed by atoms with Crippen molar-refractivity contribution in [2.45, 2.75) is 19.9 Å². The number of hydrogen-bond acceptors (Lipinski definition) is 9. The zero-order valence-corrected chi connectivity index (χ0v) is 17.2.